The van der Waals surface area contributed by atoms with Gasteiger partial charge in [0.15, 0.2) is 0 Å². The zero-order valence-electron chi connectivity index (χ0n) is 14.0. The van der Waals surface area contributed by atoms with Gasteiger partial charge in [-0.1, -0.05) is 42.5 Å². The predicted molar refractivity (Wildman–Crippen MR) is 94.5 cm³/mol. The Balaban J connectivity index is 1.90. The monoisotopic (exact) mass is 336 g/mol. The topological polar surface area (TPSA) is 98.0 Å². The van der Waals surface area contributed by atoms with Gasteiger partial charge < -0.3 is 11.1 Å². The van der Waals surface area contributed by atoms with Crippen LogP contribution in [-0.4, -0.2) is 27.8 Å². The molecule has 0 radical (unpaired) electrons. The average molecular weight is 336 g/mol. The first-order valence-corrected chi connectivity index (χ1v) is 8.20. The molecule has 128 valence electrons. The molecule has 2 atom stereocenters. The molecule has 0 aliphatic heterocycles. The number of rotatable bonds is 4. The third kappa shape index (κ3) is 3.74. The van der Waals surface area contributed by atoms with E-state index in [1.165, 1.54) is 6.20 Å². The van der Waals surface area contributed by atoms with E-state index < -0.39 is 11.8 Å². The van der Waals surface area contributed by atoms with E-state index in [-0.39, 0.29) is 11.9 Å². The number of hydrogen-bond acceptors (Lipinski definition) is 4. The molecular weight excluding hydrogens is 316 g/mol. The maximum absolute atomic E-state index is 12.8. The fourth-order valence-corrected chi connectivity index (χ4v) is 2.99. The molecular formula is C19H20N4O2. The Morgan fingerprint density at radius 3 is 2.60 bits per heavy atom. The molecule has 3 N–H and O–H groups in total. The smallest absolute Gasteiger partial charge is 0.255 e. The van der Waals surface area contributed by atoms with E-state index in [4.69, 9.17) is 5.73 Å². The maximum Gasteiger partial charge on any atom is 0.255 e. The number of nitrogens with one attached hydrogen (secondary N) is 1. The highest BCUT2D eigenvalue weighted by atomic mass is 16.2. The fourth-order valence-electron chi connectivity index (χ4n) is 2.99. The van der Waals surface area contributed by atoms with Crippen LogP contribution >= 0.6 is 0 Å². The number of benzene rings is 1. The van der Waals surface area contributed by atoms with Gasteiger partial charge in [0.2, 0.25) is 5.91 Å². The lowest BCUT2D eigenvalue weighted by molar-refractivity contribution is -0.122. The van der Waals surface area contributed by atoms with Gasteiger partial charge >= 0.3 is 0 Å². The molecule has 1 aliphatic rings. The van der Waals surface area contributed by atoms with Crippen LogP contribution in [0.15, 0.2) is 48.7 Å². The quantitative estimate of drug-likeness (QED) is 0.834. The lowest BCUT2D eigenvalue weighted by Crippen LogP contribution is -2.46. The predicted octanol–water partition coefficient (Wildman–Crippen LogP) is 2.00. The molecule has 3 rings (SSSR count). The van der Waals surface area contributed by atoms with Crippen LogP contribution in [0.5, 0.6) is 0 Å². The molecule has 0 fully saturated rings. The second-order valence-electron chi connectivity index (χ2n) is 6.08. The normalized spacial score (nSPS) is 19.4. The number of amides is 2. The molecule has 6 heteroatoms. The van der Waals surface area contributed by atoms with Crippen molar-refractivity contribution in [3.63, 3.8) is 0 Å². The summed E-state index contributed by atoms with van der Waals surface area (Å²) in [6, 6.07) is 9.16. The Bertz CT molecular complexity index is 817. The number of allylic oxidation sites excluding steroid dienone is 1. The molecule has 1 aliphatic carbocycles. The SMILES string of the molecule is Cc1ncc(C(=O)N[C@@H]2CC=CC[C@H]2C(N)=O)c(-c2ccccc2)n1. The van der Waals surface area contributed by atoms with Gasteiger partial charge in [0, 0.05) is 17.8 Å². The van der Waals surface area contributed by atoms with Crippen LogP contribution in [0, 0.1) is 12.8 Å². The first-order valence-electron chi connectivity index (χ1n) is 8.20. The van der Waals surface area contributed by atoms with Crippen LogP contribution in [0.25, 0.3) is 11.3 Å². The van der Waals surface area contributed by atoms with Crippen molar-refractivity contribution in [1.29, 1.82) is 0 Å². The van der Waals surface area contributed by atoms with Crippen LogP contribution < -0.4 is 11.1 Å². The van der Waals surface area contributed by atoms with Gasteiger partial charge in [-0.15, -0.1) is 0 Å². The molecule has 0 spiro atoms. The van der Waals surface area contributed by atoms with Crippen LogP contribution in [0.1, 0.15) is 29.0 Å². The zero-order chi connectivity index (χ0) is 17.8. The number of aryl methyl sites for hydroxylation is 1. The zero-order valence-corrected chi connectivity index (χ0v) is 14.0. The molecule has 2 amide bonds. The van der Waals surface area contributed by atoms with Gasteiger partial charge in [0.25, 0.3) is 5.91 Å². The summed E-state index contributed by atoms with van der Waals surface area (Å²) in [7, 11) is 0. The first-order chi connectivity index (χ1) is 12.1. The van der Waals surface area contributed by atoms with Crippen molar-refractivity contribution in [2.75, 3.05) is 0 Å². The van der Waals surface area contributed by atoms with Gasteiger partial charge in [-0.05, 0) is 19.8 Å². The van der Waals surface area contributed by atoms with Gasteiger partial charge in [-0.25, -0.2) is 9.97 Å². The number of carbonyl (C=O) groups is 2. The summed E-state index contributed by atoms with van der Waals surface area (Å²) in [6.07, 6.45) is 6.51. The summed E-state index contributed by atoms with van der Waals surface area (Å²) in [5, 5.41) is 2.93. The highest BCUT2D eigenvalue weighted by molar-refractivity contribution is 6.00. The number of nitrogens with two attached hydrogens (primary N) is 1. The fraction of sp³-hybridized carbons (Fsp3) is 0.263. The average Bonchev–Trinajstić information content (AvgIpc) is 2.62. The largest absolute Gasteiger partial charge is 0.369 e. The van der Waals surface area contributed by atoms with E-state index in [0.717, 1.165) is 5.56 Å². The minimum absolute atomic E-state index is 0.301. The van der Waals surface area contributed by atoms with Crippen LogP contribution in [0.3, 0.4) is 0 Å². The van der Waals surface area contributed by atoms with Crippen molar-refractivity contribution >= 4 is 11.8 Å². The molecule has 0 bridgehead atoms. The van der Waals surface area contributed by atoms with Crippen molar-refractivity contribution < 1.29 is 9.59 Å². The Morgan fingerprint density at radius 1 is 1.16 bits per heavy atom. The molecule has 0 unspecified atom stereocenters. The molecule has 1 heterocycles. The number of primary amides is 1. The number of nitrogens with zero attached hydrogens (tertiary/aromatic N) is 2. The van der Waals surface area contributed by atoms with Crippen molar-refractivity contribution in [2.24, 2.45) is 11.7 Å². The number of aromatic nitrogens is 2. The van der Waals surface area contributed by atoms with E-state index in [1.807, 2.05) is 42.5 Å². The molecule has 2 aromatic rings. The number of carbonyl (C=O) groups excluding carboxylic acids is 2. The second-order valence-corrected chi connectivity index (χ2v) is 6.08. The van der Waals surface area contributed by atoms with Gasteiger partial charge in [0.1, 0.15) is 5.82 Å². The molecule has 1 aromatic carbocycles. The van der Waals surface area contributed by atoms with E-state index in [1.54, 1.807) is 6.92 Å². The van der Waals surface area contributed by atoms with Crippen LogP contribution in [-0.2, 0) is 4.79 Å². The molecule has 0 saturated carbocycles. The van der Waals surface area contributed by atoms with E-state index in [2.05, 4.69) is 15.3 Å². The summed E-state index contributed by atoms with van der Waals surface area (Å²) in [5.74, 6) is -0.519. The molecule has 0 saturated heterocycles. The second kappa shape index (κ2) is 7.25. The Labute approximate surface area is 146 Å². The third-order valence-corrected chi connectivity index (χ3v) is 4.32. The molecule has 25 heavy (non-hydrogen) atoms. The summed E-state index contributed by atoms with van der Waals surface area (Å²) in [5.41, 5.74) is 7.27. The van der Waals surface area contributed by atoms with E-state index in [9.17, 15) is 9.59 Å². The lowest BCUT2D eigenvalue weighted by Gasteiger charge is -2.27. The van der Waals surface area contributed by atoms with Crippen molar-refractivity contribution in [3.05, 3.63) is 60.1 Å². The minimum atomic E-state index is -0.405. The Kier molecular flexibility index (Phi) is 4.88. The highest BCUT2D eigenvalue weighted by Crippen LogP contribution is 2.23. The Morgan fingerprint density at radius 2 is 1.88 bits per heavy atom. The van der Waals surface area contributed by atoms with Gasteiger partial charge in [0.05, 0.1) is 17.2 Å². The summed E-state index contributed by atoms with van der Waals surface area (Å²) in [6.45, 7) is 1.78. The van der Waals surface area contributed by atoms with Crippen molar-refractivity contribution in [2.45, 2.75) is 25.8 Å². The summed E-state index contributed by atoms with van der Waals surface area (Å²) < 4.78 is 0. The summed E-state index contributed by atoms with van der Waals surface area (Å²) >= 11 is 0. The van der Waals surface area contributed by atoms with Gasteiger partial charge in [-0.2, -0.15) is 0 Å². The van der Waals surface area contributed by atoms with E-state index >= 15 is 0 Å². The summed E-state index contributed by atoms with van der Waals surface area (Å²) in [4.78, 5) is 33.0. The van der Waals surface area contributed by atoms with Crippen molar-refractivity contribution in [3.8, 4) is 11.3 Å². The Hall–Kier alpha value is -3.02. The van der Waals surface area contributed by atoms with Gasteiger partial charge in [-0.3, -0.25) is 9.59 Å². The number of hydrogen-bond donors (Lipinski definition) is 2. The standard InChI is InChI=1S/C19H20N4O2/c1-12-21-11-15(17(22-12)13-7-3-2-4-8-13)19(25)23-16-10-6-5-9-14(16)18(20)24/h2-8,11,14,16H,9-10H2,1H3,(H2,20,24)(H,23,25)/t14-,16-/m1/s1. The first kappa shape index (κ1) is 16.8. The molecule has 6 nitrogen and oxygen atoms in total. The highest BCUT2D eigenvalue weighted by Gasteiger charge is 2.29. The van der Waals surface area contributed by atoms with Crippen molar-refractivity contribution in [1.82, 2.24) is 15.3 Å². The minimum Gasteiger partial charge on any atom is -0.369 e. The van der Waals surface area contributed by atoms with Crippen LogP contribution in [0.2, 0.25) is 0 Å². The maximum atomic E-state index is 12.8. The third-order valence-electron chi connectivity index (χ3n) is 4.32. The van der Waals surface area contributed by atoms with E-state index in [0.29, 0.717) is 29.9 Å². The molecule has 1 aromatic heterocycles. The van der Waals surface area contributed by atoms with Crippen LogP contribution in [0.4, 0.5) is 0 Å². The lowest BCUT2D eigenvalue weighted by atomic mass is 9.88.